The molecule has 0 spiro atoms. The summed E-state index contributed by atoms with van der Waals surface area (Å²) < 4.78 is 6.58. The second-order valence-corrected chi connectivity index (χ2v) is 4.43. The topological polar surface area (TPSA) is 55.4 Å². The van der Waals surface area contributed by atoms with Crippen LogP contribution in [0.5, 0.6) is 5.75 Å². The zero-order chi connectivity index (χ0) is 12.0. The minimum Gasteiger partial charge on any atom is -0.506 e. The van der Waals surface area contributed by atoms with Gasteiger partial charge < -0.3 is 9.63 Å². The minimum absolute atomic E-state index is 0.0428. The van der Waals surface area contributed by atoms with Gasteiger partial charge in [-0.1, -0.05) is 11.6 Å². The Bertz CT molecular complexity index is 610. The second kappa shape index (κ2) is 3.56. The van der Waals surface area contributed by atoms with E-state index in [0.29, 0.717) is 10.9 Å². The summed E-state index contributed by atoms with van der Waals surface area (Å²) in [7, 11) is 0. The Morgan fingerprint density at radius 1 is 1.50 bits per heavy atom. The van der Waals surface area contributed by atoms with E-state index in [0.717, 1.165) is 0 Å². The first-order chi connectivity index (χ1) is 7.43. The van der Waals surface area contributed by atoms with Crippen LogP contribution in [0.25, 0.3) is 11.0 Å². The molecule has 4 nitrogen and oxygen atoms in total. The van der Waals surface area contributed by atoms with Gasteiger partial charge in [0.25, 0.3) is 5.56 Å². The number of phenolic OH excluding ortho intramolecular Hbond substituents is 1. The lowest BCUT2D eigenvalue weighted by Crippen LogP contribution is -2.15. The van der Waals surface area contributed by atoms with E-state index < -0.39 is 0 Å². The molecule has 0 amide bonds. The first-order valence-corrected chi connectivity index (χ1v) is 5.35. The summed E-state index contributed by atoms with van der Waals surface area (Å²) in [5, 5.41) is 10.1. The molecule has 1 aromatic heterocycles. The van der Waals surface area contributed by atoms with E-state index in [4.69, 9.17) is 16.1 Å². The molecule has 16 heavy (non-hydrogen) atoms. The van der Waals surface area contributed by atoms with Gasteiger partial charge in [0.05, 0.1) is 11.4 Å². The van der Waals surface area contributed by atoms with Gasteiger partial charge in [-0.25, -0.2) is 0 Å². The van der Waals surface area contributed by atoms with E-state index in [2.05, 4.69) is 0 Å². The maximum Gasteiger partial charge on any atom is 0.290 e. The molecule has 0 bridgehead atoms. The SMILES string of the molecule is Cc1cc2c(=O)n(C(C)C)oc2c(Cl)c1O. The van der Waals surface area contributed by atoms with Gasteiger partial charge in [0.15, 0.2) is 5.58 Å². The first kappa shape index (κ1) is 11.1. The van der Waals surface area contributed by atoms with Crippen molar-refractivity contribution in [1.82, 2.24) is 4.74 Å². The van der Waals surface area contributed by atoms with Crippen molar-refractivity contribution in [2.45, 2.75) is 26.8 Å². The average Bonchev–Trinajstić information content (AvgIpc) is 2.54. The quantitative estimate of drug-likeness (QED) is 0.835. The van der Waals surface area contributed by atoms with Crippen LogP contribution in [0.4, 0.5) is 0 Å². The highest BCUT2D eigenvalue weighted by molar-refractivity contribution is 6.36. The highest BCUT2D eigenvalue weighted by Gasteiger charge is 2.18. The van der Waals surface area contributed by atoms with Crippen LogP contribution in [0.2, 0.25) is 5.02 Å². The molecule has 1 aromatic carbocycles. The van der Waals surface area contributed by atoms with Crippen molar-refractivity contribution in [2.24, 2.45) is 0 Å². The Balaban J connectivity index is 2.93. The molecule has 0 radical (unpaired) electrons. The van der Waals surface area contributed by atoms with E-state index in [9.17, 15) is 9.90 Å². The Morgan fingerprint density at radius 3 is 2.69 bits per heavy atom. The summed E-state index contributed by atoms with van der Waals surface area (Å²) in [5.41, 5.74) is 0.574. The number of hydrogen-bond acceptors (Lipinski definition) is 3. The number of aromatic nitrogens is 1. The van der Waals surface area contributed by atoms with Gasteiger partial charge in [0.2, 0.25) is 0 Å². The Morgan fingerprint density at radius 2 is 2.12 bits per heavy atom. The molecule has 0 saturated carbocycles. The van der Waals surface area contributed by atoms with Crippen LogP contribution in [0.15, 0.2) is 15.4 Å². The molecule has 0 saturated heterocycles. The standard InChI is InChI=1S/C11H12ClNO3/c1-5(2)13-11(15)7-4-6(3)9(14)8(12)10(7)16-13/h4-5,14H,1-3H3. The third-order valence-electron chi connectivity index (χ3n) is 2.48. The number of nitrogens with zero attached hydrogens (tertiary/aromatic N) is 1. The van der Waals surface area contributed by atoms with Gasteiger partial charge in [-0.3, -0.25) is 4.79 Å². The normalized spacial score (nSPS) is 11.6. The van der Waals surface area contributed by atoms with Crippen LogP contribution in [0, 0.1) is 6.92 Å². The number of phenols is 1. The van der Waals surface area contributed by atoms with E-state index in [1.165, 1.54) is 4.74 Å². The van der Waals surface area contributed by atoms with Gasteiger partial charge in [-0.15, -0.1) is 0 Å². The van der Waals surface area contributed by atoms with Crippen molar-refractivity contribution in [3.63, 3.8) is 0 Å². The van der Waals surface area contributed by atoms with E-state index >= 15 is 0 Å². The summed E-state index contributed by atoms with van der Waals surface area (Å²) >= 11 is 5.93. The zero-order valence-corrected chi connectivity index (χ0v) is 10.00. The van der Waals surface area contributed by atoms with Crippen molar-refractivity contribution < 1.29 is 9.63 Å². The number of halogens is 1. The van der Waals surface area contributed by atoms with Gasteiger partial charge in [-0.05, 0) is 32.4 Å². The van der Waals surface area contributed by atoms with Crippen molar-refractivity contribution >= 4 is 22.6 Å². The van der Waals surface area contributed by atoms with Gasteiger partial charge in [0, 0.05) is 0 Å². The van der Waals surface area contributed by atoms with Crippen molar-refractivity contribution in [1.29, 1.82) is 0 Å². The molecule has 5 heteroatoms. The fourth-order valence-electron chi connectivity index (χ4n) is 1.60. The van der Waals surface area contributed by atoms with Gasteiger partial charge in [0.1, 0.15) is 10.8 Å². The van der Waals surface area contributed by atoms with Crippen LogP contribution in [0.3, 0.4) is 0 Å². The number of aryl methyl sites for hydroxylation is 1. The summed E-state index contributed by atoms with van der Waals surface area (Å²) in [6.45, 7) is 5.36. The summed E-state index contributed by atoms with van der Waals surface area (Å²) in [5.74, 6) is -0.0428. The molecule has 0 aliphatic rings. The molecular weight excluding hydrogens is 230 g/mol. The van der Waals surface area contributed by atoms with Gasteiger partial charge in [-0.2, -0.15) is 4.74 Å². The second-order valence-electron chi connectivity index (χ2n) is 4.05. The molecule has 2 aromatic rings. The summed E-state index contributed by atoms with van der Waals surface area (Å²) in [6, 6.07) is 1.50. The monoisotopic (exact) mass is 241 g/mol. The molecule has 1 N–H and O–H groups in total. The third-order valence-corrected chi connectivity index (χ3v) is 2.83. The highest BCUT2D eigenvalue weighted by atomic mass is 35.5. The lowest BCUT2D eigenvalue weighted by atomic mass is 10.1. The molecule has 0 fully saturated rings. The van der Waals surface area contributed by atoms with E-state index in [1.807, 2.05) is 13.8 Å². The average molecular weight is 242 g/mol. The number of hydrogen-bond donors (Lipinski definition) is 1. The minimum atomic E-state index is -0.227. The molecule has 0 aliphatic carbocycles. The fourth-order valence-corrected chi connectivity index (χ4v) is 1.88. The van der Waals surface area contributed by atoms with E-state index in [1.54, 1.807) is 13.0 Å². The smallest absolute Gasteiger partial charge is 0.290 e. The number of fused-ring (bicyclic) bond motifs is 1. The number of rotatable bonds is 1. The molecule has 0 unspecified atom stereocenters. The van der Waals surface area contributed by atoms with Crippen LogP contribution in [0.1, 0.15) is 25.5 Å². The molecular formula is C11H12ClNO3. The maximum absolute atomic E-state index is 11.9. The zero-order valence-electron chi connectivity index (χ0n) is 9.24. The predicted octanol–water partition coefficient (Wildman–Crippen LogP) is 2.84. The molecule has 0 atom stereocenters. The Labute approximate surface area is 97.0 Å². The first-order valence-electron chi connectivity index (χ1n) is 4.97. The van der Waals surface area contributed by atoms with Crippen molar-refractivity contribution in [3.8, 4) is 5.75 Å². The third kappa shape index (κ3) is 1.41. The summed E-state index contributed by atoms with van der Waals surface area (Å²) in [6.07, 6.45) is 0. The largest absolute Gasteiger partial charge is 0.506 e. The van der Waals surface area contributed by atoms with E-state index in [-0.39, 0.29) is 28.0 Å². The van der Waals surface area contributed by atoms with Crippen LogP contribution >= 0.6 is 11.6 Å². The maximum atomic E-state index is 11.9. The number of benzene rings is 1. The summed E-state index contributed by atoms with van der Waals surface area (Å²) in [4.78, 5) is 11.9. The molecule has 1 heterocycles. The predicted molar refractivity (Wildman–Crippen MR) is 62.3 cm³/mol. The van der Waals surface area contributed by atoms with Crippen LogP contribution in [-0.4, -0.2) is 9.85 Å². The molecule has 0 aliphatic heterocycles. The molecule has 2 rings (SSSR count). The Hall–Kier alpha value is -1.42. The lowest BCUT2D eigenvalue weighted by molar-refractivity contribution is 0.250. The molecule has 86 valence electrons. The fraction of sp³-hybridized carbons (Fsp3) is 0.364. The van der Waals surface area contributed by atoms with Crippen LogP contribution < -0.4 is 5.56 Å². The number of aromatic hydroxyl groups is 1. The van der Waals surface area contributed by atoms with Crippen molar-refractivity contribution in [3.05, 3.63) is 27.0 Å². The van der Waals surface area contributed by atoms with Gasteiger partial charge >= 0.3 is 0 Å². The Kier molecular flexibility index (Phi) is 2.46. The van der Waals surface area contributed by atoms with Crippen LogP contribution in [-0.2, 0) is 0 Å². The highest BCUT2D eigenvalue weighted by Crippen LogP contribution is 2.34. The van der Waals surface area contributed by atoms with Crippen molar-refractivity contribution in [2.75, 3.05) is 0 Å². The lowest BCUT2D eigenvalue weighted by Gasteiger charge is -2.01.